The minimum Gasteiger partial charge on any atom is -0.388 e. The first-order valence-corrected chi connectivity index (χ1v) is 6.39. The van der Waals surface area contributed by atoms with Crippen LogP contribution in [0.2, 0.25) is 5.02 Å². The summed E-state index contributed by atoms with van der Waals surface area (Å²) in [4.78, 5) is 3.93. The van der Waals surface area contributed by atoms with Gasteiger partial charge in [-0.2, -0.15) is 5.10 Å². The highest BCUT2D eigenvalue weighted by Crippen LogP contribution is 2.26. The van der Waals surface area contributed by atoms with E-state index in [1.165, 1.54) is 6.33 Å². The Morgan fingerprint density at radius 2 is 2.16 bits per heavy atom. The summed E-state index contributed by atoms with van der Waals surface area (Å²) in [6, 6.07) is 5.31. The van der Waals surface area contributed by atoms with Crippen LogP contribution in [0.4, 0.5) is 5.69 Å². The van der Waals surface area contributed by atoms with Gasteiger partial charge in [-0.25, -0.2) is 9.67 Å². The molecular formula is C13H17ClN4O. The SMILES string of the molecule is CC(Nc1cc(Cl)ccc1-n1cncn1)C(C)(C)O. The lowest BCUT2D eigenvalue weighted by Crippen LogP contribution is -2.39. The Hall–Kier alpha value is -1.59. The molecule has 0 amide bonds. The number of hydrogen-bond acceptors (Lipinski definition) is 4. The van der Waals surface area contributed by atoms with Crippen LogP contribution in [0, 0.1) is 0 Å². The molecule has 0 bridgehead atoms. The van der Waals surface area contributed by atoms with Crippen LogP contribution < -0.4 is 5.32 Å². The average molecular weight is 281 g/mol. The van der Waals surface area contributed by atoms with Crippen molar-refractivity contribution in [3.8, 4) is 5.69 Å². The first-order chi connectivity index (χ1) is 8.88. The van der Waals surface area contributed by atoms with Crippen LogP contribution in [-0.4, -0.2) is 31.5 Å². The van der Waals surface area contributed by atoms with Crippen LogP contribution in [0.15, 0.2) is 30.9 Å². The van der Waals surface area contributed by atoms with Crippen LogP contribution in [0.1, 0.15) is 20.8 Å². The van der Waals surface area contributed by atoms with Crippen molar-refractivity contribution in [2.75, 3.05) is 5.32 Å². The number of benzene rings is 1. The molecule has 102 valence electrons. The summed E-state index contributed by atoms with van der Waals surface area (Å²) >= 11 is 6.03. The third kappa shape index (κ3) is 3.24. The van der Waals surface area contributed by atoms with E-state index in [9.17, 15) is 5.11 Å². The van der Waals surface area contributed by atoms with Gasteiger partial charge in [0.2, 0.25) is 0 Å². The van der Waals surface area contributed by atoms with E-state index in [-0.39, 0.29) is 6.04 Å². The van der Waals surface area contributed by atoms with E-state index in [0.717, 1.165) is 11.4 Å². The second-order valence-corrected chi connectivity index (χ2v) is 5.46. The highest BCUT2D eigenvalue weighted by molar-refractivity contribution is 6.31. The molecule has 0 fully saturated rings. The Morgan fingerprint density at radius 3 is 2.74 bits per heavy atom. The molecule has 0 radical (unpaired) electrons. The summed E-state index contributed by atoms with van der Waals surface area (Å²) in [5.74, 6) is 0. The van der Waals surface area contributed by atoms with E-state index in [1.807, 2.05) is 13.0 Å². The van der Waals surface area contributed by atoms with Crippen molar-refractivity contribution >= 4 is 17.3 Å². The molecule has 1 aromatic heterocycles. The maximum atomic E-state index is 10.0. The second kappa shape index (κ2) is 5.19. The van der Waals surface area contributed by atoms with Crippen molar-refractivity contribution < 1.29 is 5.11 Å². The standard InChI is InChI=1S/C13H17ClN4O/c1-9(13(2,3)19)17-11-6-10(14)4-5-12(11)18-8-15-7-16-18/h4-9,17,19H,1-3H3. The van der Waals surface area contributed by atoms with Crippen molar-refractivity contribution in [3.05, 3.63) is 35.9 Å². The summed E-state index contributed by atoms with van der Waals surface area (Å²) in [5.41, 5.74) is 0.785. The van der Waals surface area contributed by atoms with Crippen LogP contribution in [0.25, 0.3) is 5.69 Å². The molecule has 5 nitrogen and oxygen atoms in total. The van der Waals surface area contributed by atoms with Gasteiger partial charge >= 0.3 is 0 Å². The lowest BCUT2D eigenvalue weighted by molar-refractivity contribution is 0.0649. The van der Waals surface area contributed by atoms with Crippen molar-refractivity contribution in [1.29, 1.82) is 0 Å². The Labute approximate surface area is 117 Å². The fourth-order valence-electron chi connectivity index (χ4n) is 1.57. The molecule has 0 saturated heterocycles. The molecule has 0 aliphatic carbocycles. The summed E-state index contributed by atoms with van der Waals surface area (Å²) in [6.07, 6.45) is 3.08. The van der Waals surface area contributed by atoms with Crippen LogP contribution >= 0.6 is 11.6 Å². The van der Waals surface area contributed by atoms with Gasteiger partial charge in [0.25, 0.3) is 0 Å². The molecule has 6 heteroatoms. The summed E-state index contributed by atoms with van der Waals surface area (Å²) in [6.45, 7) is 5.42. The van der Waals surface area contributed by atoms with Crippen LogP contribution in [0.3, 0.4) is 0 Å². The Bertz CT molecular complexity index is 548. The van der Waals surface area contributed by atoms with Crippen molar-refractivity contribution in [2.24, 2.45) is 0 Å². The van der Waals surface area contributed by atoms with Crippen LogP contribution in [-0.2, 0) is 0 Å². The van der Waals surface area contributed by atoms with E-state index in [0.29, 0.717) is 5.02 Å². The lowest BCUT2D eigenvalue weighted by Gasteiger charge is -2.28. The normalized spacial score (nSPS) is 13.3. The number of hydrogen-bond donors (Lipinski definition) is 2. The Morgan fingerprint density at radius 1 is 1.42 bits per heavy atom. The van der Waals surface area contributed by atoms with Gasteiger partial charge in [0.1, 0.15) is 12.7 Å². The molecule has 1 unspecified atom stereocenters. The number of anilines is 1. The Kier molecular flexibility index (Phi) is 3.78. The lowest BCUT2D eigenvalue weighted by atomic mass is 10.0. The van der Waals surface area contributed by atoms with Gasteiger partial charge in [0.05, 0.1) is 23.0 Å². The predicted molar refractivity (Wildman–Crippen MR) is 75.8 cm³/mol. The molecule has 1 heterocycles. The number of nitrogens with one attached hydrogen (secondary N) is 1. The monoisotopic (exact) mass is 280 g/mol. The fourth-order valence-corrected chi connectivity index (χ4v) is 1.74. The van der Waals surface area contributed by atoms with Crippen molar-refractivity contribution in [1.82, 2.24) is 14.8 Å². The highest BCUT2D eigenvalue weighted by atomic mass is 35.5. The fraction of sp³-hybridized carbons (Fsp3) is 0.385. The quantitative estimate of drug-likeness (QED) is 0.903. The van der Waals surface area contributed by atoms with Gasteiger partial charge in [-0.05, 0) is 39.0 Å². The van der Waals surface area contributed by atoms with Gasteiger partial charge in [-0.15, -0.1) is 0 Å². The molecule has 2 rings (SSSR count). The predicted octanol–water partition coefficient (Wildman–Crippen LogP) is 2.49. The molecule has 1 atom stereocenters. The topological polar surface area (TPSA) is 63.0 Å². The van der Waals surface area contributed by atoms with E-state index in [2.05, 4.69) is 15.4 Å². The summed E-state index contributed by atoms with van der Waals surface area (Å²) < 4.78 is 1.65. The highest BCUT2D eigenvalue weighted by Gasteiger charge is 2.23. The van der Waals surface area contributed by atoms with Crippen molar-refractivity contribution in [2.45, 2.75) is 32.4 Å². The number of rotatable bonds is 4. The molecule has 2 N–H and O–H groups in total. The minimum absolute atomic E-state index is 0.145. The second-order valence-electron chi connectivity index (χ2n) is 5.02. The van der Waals surface area contributed by atoms with Gasteiger partial charge in [-0.1, -0.05) is 11.6 Å². The molecule has 19 heavy (non-hydrogen) atoms. The third-order valence-electron chi connectivity index (χ3n) is 3.06. The third-order valence-corrected chi connectivity index (χ3v) is 3.29. The van der Waals surface area contributed by atoms with Gasteiger partial charge in [-0.3, -0.25) is 0 Å². The number of aliphatic hydroxyl groups is 1. The van der Waals surface area contributed by atoms with E-state index in [4.69, 9.17) is 11.6 Å². The summed E-state index contributed by atoms with van der Waals surface area (Å²) in [7, 11) is 0. The maximum Gasteiger partial charge on any atom is 0.138 e. The molecular weight excluding hydrogens is 264 g/mol. The first-order valence-electron chi connectivity index (χ1n) is 6.01. The maximum absolute atomic E-state index is 10.0. The first kappa shape index (κ1) is 13.8. The molecule has 0 aliphatic heterocycles. The van der Waals surface area contributed by atoms with Gasteiger partial charge in [0, 0.05) is 5.02 Å². The number of halogens is 1. The zero-order valence-corrected chi connectivity index (χ0v) is 11.9. The summed E-state index contributed by atoms with van der Waals surface area (Å²) in [5, 5.41) is 18.0. The van der Waals surface area contributed by atoms with Crippen LogP contribution in [0.5, 0.6) is 0 Å². The molecule has 1 aromatic carbocycles. The largest absolute Gasteiger partial charge is 0.388 e. The number of nitrogens with zero attached hydrogens (tertiary/aromatic N) is 3. The molecule has 0 spiro atoms. The zero-order chi connectivity index (χ0) is 14.0. The molecule has 0 aliphatic rings. The van der Waals surface area contributed by atoms with E-state index < -0.39 is 5.60 Å². The smallest absolute Gasteiger partial charge is 0.138 e. The Balaban J connectivity index is 2.36. The van der Waals surface area contributed by atoms with Gasteiger partial charge < -0.3 is 10.4 Å². The number of aromatic nitrogens is 3. The molecule has 0 saturated carbocycles. The van der Waals surface area contributed by atoms with Crippen molar-refractivity contribution in [3.63, 3.8) is 0 Å². The van der Waals surface area contributed by atoms with Gasteiger partial charge in [0.15, 0.2) is 0 Å². The average Bonchev–Trinajstić information content (AvgIpc) is 2.81. The molecule has 2 aromatic rings. The zero-order valence-electron chi connectivity index (χ0n) is 11.1. The minimum atomic E-state index is -0.845. The van der Waals surface area contributed by atoms with E-state index in [1.54, 1.807) is 37.0 Å². The van der Waals surface area contributed by atoms with E-state index >= 15 is 0 Å².